The highest BCUT2D eigenvalue weighted by molar-refractivity contribution is 5.95. The Kier molecular flexibility index (Phi) is 9.21. The van der Waals surface area contributed by atoms with Gasteiger partial charge in [-0.15, -0.1) is 9.78 Å². The molecule has 0 spiro atoms. The molecule has 1 aromatic carbocycles. The van der Waals surface area contributed by atoms with Crippen LogP contribution in [-0.2, 0) is 4.79 Å². The zero-order valence-corrected chi connectivity index (χ0v) is 20.6. The lowest BCUT2D eigenvalue weighted by Gasteiger charge is -2.19. The second kappa shape index (κ2) is 12.7. The van der Waals surface area contributed by atoms with Gasteiger partial charge in [0.2, 0.25) is 5.88 Å². The molecular formula is C24H27N9O5. The molecule has 0 fully saturated rings. The van der Waals surface area contributed by atoms with Crippen LogP contribution in [0.4, 0.5) is 5.69 Å². The number of carboxylic acids is 1. The molecule has 0 amide bonds. The van der Waals surface area contributed by atoms with Crippen LogP contribution in [0.5, 0.6) is 5.88 Å². The number of anilines is 1. The number of pyridine rings is 1. The van der Waals surface area contributed by atoms with E-state index >= 15 is 0 Å². The molecule has 14 heteroatoms. The summed E-state index contributed by atoms with van der Waals surface area (Å²) in [5, 5.41) is 31.9. The number of carboxylic acid groups (broad SMARTS) is 1. The molecule has 3 heterocycles. The van der Waals surface area contributed by atoms with Crippen molar-refractivity contribution in [3.05, 3.63) is 88.0 Å². The maximum absolute atomic E-state index is 12.7. The van der Waals surface area contributed by atoms with Gasteiger partial charge in [-0.2, -0.15) is 0 Å². The molecule has 3 aromatic heterocycles. The first kappa shape index (κ1) is 27.5. The zero-order valence-electron chi connectivity index (χ0n) is 20.6. The molecule has 0 aliphatic rings. The first-order valence-corrected chi connectivity index (χ1v) is 11.3. The van der Waals surface area contributed by atoms with E-state index in [1.54, 1.807) is 36.4 Å². The van der Waals surface area contributed by atoms with Gasteiger partial charge in [0, 0.05) is 42.3 Å². The topological polar surface area (TPSA) is 218 Å². The van der Waals surface area contributed by atoms with Crippen LogP contribution in [0.1, 0.15) is 35.6 Å². The van der Waals surface area contributed by atoms with Gasteiger partial charge in [0.15, 0.2) is 5.82 Å². The normalized spacial score (nSPS) is 11.1. The van der Waals surface area contributed by atoms with E-state index in [2.05, 4.69) is 30.4 Å². The molecule has 38 heavy (non-hydrogen) atoms. The number of hydrogen-bond acceptors (Lipinski definition) is 10. The van der Waals surface area contributed by atoms with Crippen LogP contribution in [0.2, 0.25) is 0 Å². The quantitative estimate of drug-likeness (QED) is 0.135. The minimum Gasteiger partial charge on any atom is -0.481 e. The Labute approximate surface area is 216 Å². The van der Waals surface area contributed by atoms with E-state index in [0.29, 0.717) is 34.2 Å². The van der Waals surface area contributed by atoms with E-state index in [-0.39, 0.29) is 25.0 Å². The monoisotopic (exact) mass is 521 g/mol. The number of aliphatic hydroxyl groups is 1. The van der Waals surface area contributed by atoms with Crippen molar-refractivity contribution in [3.63, 3.8) is 0 Å². The highest BCUT2D eigenvalue weighted by Gasteiger charge is 2.22. The Hall–Kier alpha value is -5.11. The number of aryl methyl sites for hydroxylation is 1. The summed E-state index contributed by atoms with van der Waals surface area (Å²) in [4.78, 5) is 37.0. The summed E-state index contributed by atoms with van der Waals surface area (Å²) in [6.45, 7) is 2.84. The number of nitrogens with two attached hydrogens (primary N) is 1. The lowest BCUT2D eigenvalue weighted by Crippen LogP contribution is -2.18. The van der Waals surface area contributed by atoms with Gasteiger partial charge in [-0.1, -0.05) is 0 Å². The van der Waals surface area contributed by atoms with Crippen LogP contribution in [0.3, 0.4) is 0 Å². The highest BCUT2D eigenvalue weighted by atomic mass is 16.5. The summed E-state index contributed by atoms with van der Waals surface area (Å²) in [7, 11) is 0. The van der Waals surface area contributed by atoms with E-state index in [4.69, 9.17) is 30.9 Å². The summed E-state index contributed by atoms with van der Waals surface area (Å²) in [5.74, 6) is -0.0929. The predicted molar refractivity (Wildman–Crippen MR) is 138 cm³/mol. The molecule has 198 valence electrons. The zero-order chi connectivity index (χ0) is 27.7. The third-order valence-electron chi connectivity index (χ3n) is 4.78. The molecule has 0 saturated heterocycles. The molecule has 0 saturated carbocycles. The highest BCUT2D eigenvalue weighted by Crippen LogP contribution is 2.27. The lowest BCUT2D eigenvalue weighted by molar-refractivity contribution is -0.134. The van der Waals surface area contributed by atoms with Crippen molar-refractivity contribution < 1.29 is 19.7 Å². The standard InChI is InChI=1S/C22H23N9O3.C2H4O2/c1-13-11-15(12-17(27-13)34-10-9-32)18(28-16-5-3-14(4-6-16)19(23)24)20-29-22(33)31(30-20)21-25-7-2-8-26-21;1-2(3)4/h2-8,11-12,18,28,32H,9-10H2,1H3,(H3,23,24)(H,29,30,33);1H3,(H,3,4). The van der Waals surface area contributed by atoms with Gasteiger partial charge in [-0.3, -0.25) is 15.2 Å². The number of amidine groups is 1. The fourth-order valence-corrected chi connectivity index (χ4v) is 3.28. The molecule has 0 aliphatic heterocycles. The van der Waals surface area contributed by atoms with Gasteiger partial charge in [0.25, 0.3) is 11.9 Å². The molecule has 0 radical (unpaired) electrons. The van der Waals surface area contributed by atoms with Crippen molar-refractivity contribution >= 4 is 17.5 Å². The lowest BCUT2D eigenvalue weighted by atomic mass is 10.1. The summed E-state index contributed by atoms with van der Waals surface area (Å²) in [6, 6.07) is 11.6. The number of aromatic nitrogens is 6. The largest absolute Gasteiger partial charge is 0.481 e. The Morgan fingerprint density at radius 2 is 1.89 bits per heavy atom. The molecule has 7 N–H and O–H groups in total. The third-order valence-corrected chi connectivity index (χ3v) is 4.78. The number of aliphatic carboxylic acids is 1. The molecule has 1 unspecified atom stereocenters. The fourth-order valence-electron chi connectivity index (χ4n) is 3.28. The number of carbonyl (C=O) groups is 1. The maximum atomic E-state index is 12.7. The second-order valence-electron chi connectivity index (χ2n) is 7.82. The van der Waals surface area contributed by atoms with E-state index in [1.165, 1.54) is 12.4 Å². The maximum Gasteiger partial charge on any atom is 0.350 e. The summed E-state index contributed by atoms with van der Waals surface area (Å²) in [5.41, 5.74) is 7.74. The Morgan fingerprint density at radius 3 is 2.50 bits per heavy atom. The molecule has 1 atom stereocenters. The van der Waals surface area contributed by atoms with Gasteiger partial charge in [0.05, 0.1) is 6.61 Å². The number of aliphatic hydroxyl groups excluding tert-OH is 1. The third kappa shape index (κ3) is 7.44. The minimum absolute atomic E-state index is 0.0375. The van der Waals surface area contributed by atoms with Crippen LogP contribution in [0.25, 0.3) is 5.95 Å². The van der Waals surface area contributed by atoms with E-state index in [0.717, 1.165) is 11.6 Å². The van der Waals surface area contributed by atoms with Crippen LogP contribution >= 0.6 is 0 Å². The van der Waals surface area contributed by atoms with Gasteiger partial charge >= 0.3 is 5.69 Å². The number of benzene rings is 1. The van der Waals surface area contributed by atoms with E-state index in [1.807, 2.05) is 13.0 Å². The molecule has 4 rings (SSSR count). The Balaban J connectivity index is 0.000000934. The first-order chi connectivity index (χ1) is 18.2. The summed E-state index contributed by atoms with van der Waals surface area (Å²) < 4.78 is 6.59. The summed E-state index contributed by atoms with van der Waals surface area (Å²) >= 11 is 0. The summed E-state index contributed by atoms with van der Waals surface area (Å²) in [6.07, 6.45) is 3.04. The SMILES string of the molecule is CC(=O)O.Cc1cc(C(Nc2ccc(C(=N)N)cc2)c2nn(-c3ncccn3)c(=O)[nH]2)cc(OCCO)n1. The van der Waals surface area contributed by atoms with Crippen molar-refractivity contribution in [1.29, 1.82) is 5.41 Å². The van der Waals surface area contributed by atoms with Crippen molar-refractivity contribution in [2.45, 2.75) is 19.9 Å². The fraction of sp³-hybridized carbons (Fsp3) is 0.208. The number of rotatable bonds is 9. The second-order valence-corrected chi connectivity index (χ2v) is 7.82. The van der Waals surface area contributed by atoms with Gasteiger partial charge in [-0.05, 0) is 48.9 Å². The number of H-pyrrole nitrogens is 1. The number of hydrogen-bond donors (Lipinski definition) is 6. The van der Waals surface area contributed by atoms with Gasteiger partial charge < -0.3 is 26.0 Å². The number of aromatic amines is 1. The van der Waals surface area contributed by atoms with Gasteiger partial charge in [0.1, 0.15) is 18.5 Å². The number of nitrogens with one attached hydrogen (secondary N) is 3. The molecule has 0 bridgehead atoms. The number of nitrogen functional groups attached to an aromatic ring is 1. The molecule has 4 aromatic rings. The van der Waals surface area contributed by atoms with Crippen molar-refractivity contribution in [2.75, 3.05) is 18.5 Å². The van der Waals surface area contributed by atoms with Gasteiger partial charge in [-0.25, -0.2) is 19.7 Å². The molecule has 0 aliphatic carbocycles. The average Bonchev–Trinajstić information content (AvgIpc) is 3.27. The smallest absolute Gasteiger partial charge is 0.350 e. The van der Waals surface area contributed by atoms with E-state index < -0.39 is 17.7 Å². The van der Waals surface area contributed by atoms with Crippen molar-refractivity contribution in [3.8, 4) is 11.8 Å². The number of nitrogens with zero attached hydrogens (tertiary/aromatic N) is 5. The van der Waals surface area contributed by atoms with Crippen LogP contribution in [0.15, 0.2) is 59.7 Å². The van der Waals surface area contributed by atoms with E-state index in [9.17, 15) is 4.79 Å². The van der Waals surface area contributed by atoms with Crippen LogP contribution < -0.4 is 21.5 Å². The minimum atomic E-state index is -0.833. The predicted octanol–water partition coefficient (Wildman–Crippen LogP) is 1.00. The molecule has 14 nitrogen and oxygen atoms in total. The van der Waals surface area contributed by atoms with Crippen LogP contribution in [-0.4, -0.2) is 64.9 Å². The van der Waals surface area contributed by atoms with Crippen LogP contribution in [0, 0.1) is 12.3 Å². The van der Waals surface area contributed by atoms with Crippen molar-refractivity contribution in [1.82, 2.24) is 29.7 Å². The molecular weight excluding hydrogens is 494 g/mol. The number of ether oxygens (including phenoxy) is 1. The Bertz CT molecular complexity index is 1430. The van der Waals surface area contributed by atoms with Crippen molar-refractivity contribution in [2.24, 2.45) is 5.73 Å². The Morgan fingerprint density at radius 1 is 1.24 bits per heavy atom. The first-order valence-electron chi connectivity index (χ1n) is 11.3. The average molecular weight is 522 g/mol.